The predicted octanol–water partition coefficient (Wildman–Crippen LogP) is 5.34. The first-order valence-corrected chi connectivity index (χ1v) is 11.1. The zero-order valence-corrected chi connectivity index (χ0v) is 18.9. The van der Waals surface area contributed by atoms with Gasteiger partial charge in [0.05, 0.1) is 25.4 Å². The zero-order chi connectivity index (χ0) is 21.3. The Bertz CT molecular complexity index is 1290. The van der Waals surface area contributed by atoms with Gasteiger partial charge in [0, 0.05) is 20.5 Å². The van der Waals surface area contributed by atoms with E-state index in [0.29, 0.717) is 21.5 Å². The molecule has 0 N–H and O–H groups in total. The molecule has 0 spiro atoms. The number of hydrogen-bond acceptors (Lipinski definition) is 5. The monoisotopic (exact) mass is 482 g/mol. The van der Waals surface area contributed by atoms with Crippen LogP contribution in [0.1, 0.15) is 22.2 Å². The second kappa shape index (κ2) is 8.53. The molecule has 5 nitrogen and oxygen atoms in total. The summed E-state index contributed by atoms with van der Waals surface area (Å²) in [6.45, 7) is 1.99. The van der Waals surface area contributed by atoms with Crippen molar-refractivity contribution >= 4 is 43.3 Å². The third-order valence-electron chi connectivity index (χ3n) is 4.91. The van der Waals surface area contributed by atoms with Crippen molar-refractivity contribution in [3.8, 4) is 16.9 Å². The minimum absolute atomic E-state index is 0.0774. The van der Waals surface area contributed by atoms with Crippen LogP contribution in [0, 0.1) is 0 Å². The average molecular weight is 483 g/mol. The number of carbonyl (C=O) groups is 1. The quantitative estimate of drug-likeness (QED) is 0.348. The molecule has 30 heavy (non-hydrogen) atoms. The molecule has 2 aromatic heterocycles. The van der Waals surface area contributed by atoms with E-state index < -0.39 is 0 Å². The summed E-state index contributed by atoms with van der Waals surface area (Å²) in [5.74, 6) is 0.429. The van der Waals surface area contributed by atoms with E-state index in [4.69, 9.17) is 4.74 Å². The zero-order valence-electron chi connectivity index (χ0n) is 16.5. The van der Waals surface area contributed by atoms with Crippen LogP contribution in [0.25, 0.3) is 21.3 Å². The predicted molar refractivity (Wildman–Crippen MR) is 124 cm³/mol. The lowest BCUT2D eigenvalue weighted by Gasteiger charge is -2.08. The first-order chi connectivity index (χ1) is 14.5. The number of aromatic nitrogens is 2. The van der Waals surface area contributed by atoms with E-state index >= 15 is 0 Å². The number of ketones is 1. The number of thiophene rings is 1. The van der Waals surface area contributed by atoms with Gasteiger partial charge in [-0.2, -0.15) is 0 Å². The second-order valence-corrected chi connectivity index (χ2v) is 8.77. The molecular weight excluding hydrogens is 464 g/mol. The van der Waals surface area contributed by atoms with Gasteiger partial charge in [0.1, 0.15) is 10.6 Å². The van der Waals surface area contributed by atoms with Gasteiger partial charge in [-0.05, 0) is 36.2 Å². The summed E-state index contributed by atoms with van der Waals surface area (Å²) in [6.07, 6.45) is 2.26. The van der Waals surface area contributed by atoms with E-state index in [1.165, 1.54) is 22.2 Å². The molecule has 0 fully saturated rings. The minimum Gasteiger partial charge on any atom is -0.497 e. The van der Waals surface area contributed by atoms with E-state index in [1.54, 1.807) is 31.4 Å². The van der Waals surface area contributed by atoms with Gasteiger partial charge in [0.15, 0.2) is 5.78 Å². The van der Waals surface area contributed by atoms with Gasteiger partial charge in [-0.15, -0.1) is 11.3 Å². The molecule has 0 aliphatic carbocycles. The van der Waals surface area contributed by atoms with Crippen LogP contribution in [0.15, 0.2) is 64.1 Å². The molecule has 0 atom stereocenters. The van der Waals surface area contributed by atoms with Gasteiger partial charge >= 0.3 is 0 Å². The number of hydrogen-bond donors (Lipinski definition) is 0. The molecule has 0 aliphatic rings. The fraction of sp³-hybridized carbons (Fsp3) is 0.174. The Morgan fingerprint density at radius 2 is 1.97 bits per heavy atom. The van der Waals surface area contributed by atoms with Crippen molar-refractivity contribution < 1.29 is 9.53 Å². The summed E-state index contributed by atoms with van der Waals surface area (Å²) < 4.78 is 7.55. The number of halogens is 1. The van der Waals surface area contributed by atoms with Crippen molar-refractivity contribution in [2.45, 2.75) is 19.9 Å². The van der Waals surface area contributed by atoms with E-state index in [9.17, 15) is 9.59 Å². The van der Waals surface area contributed by atoms with Crippen molar-refractivity contribution in [3.63, 3.8) is 0 Å². The van der Waals surface area contributed by atoms with Crippen LogP contribution >= 0.6 is 27.3 Å². The van der Waals surface area contributed by atoms with E-state index in [-0.39, 0.29) is 17.9 Å². The van der Waals surface area contributed by atoms with Crippen LogP contribution in [0.2, 0.25) is 0 Å². The first kappa shape index (κ1) is 20.5. The van der Waals surface area contributed by atoms with Crippen LogP contribution in [0.5, 0.6) is 5.75 Å². The van der Waals surface area contributed by atoms with Gasteiger partial charge < -0.3 is 4.74 Å². The van der Waals surface area contributed by atoms with Crippen LogP contribution < -0.4 is 10.3 Å². The van der Waals surface area contributed by atoms with Crippen molar-refractivity contribution in [1.29, 1.82) is 0 Å². The Balaban J connectivity index is 1.80. The topological polar surface area (TPSA) is 61.2 Å². The molecule has 152 valence electrons. The highest BCUT2D eigenvalue weighted by Gasteiger charge is 2.19. The number of nitrogens with zero attached hydrogens (tertiary/aromatic N) is 2. The molecule has 0 unspecified atom stereocenters. The summed E-state index contributed by atoms with van der Waals surface area (Å²) in [7, 11) is 1.55. The Hall–Kier alpha value is -2.77. The molecule has 2 heterocycles. The highest BCUT2D eigenvalue weighted by atomic mass is 79.9. The fourth-order valence-corrected chi connectivity index (χ4v) is 4.75. The second-order valence-electron chi connectivity index (χ2n) is 6.77. The maximum absolute atomic E-state index is 13.4. The summed E-state index contributed by atoms with van der Waals surface area (Å²) in [5, 5.41) is 0.570. The number of carbonyl (C=O) groups excluding carboxylic acids is 1. The van der Waals surface area contributed by atoms with Crippen LogP contribution in [-0.2, 0) is 13.0 Å². The largest absolute Gasteiger partial charge is 0.497 e. The smallest absolute Gasteiger partial charge is 0.263 e. The normalized spacial score (nSPS) is 11.0. The summed E-state index contributed by atoms with van der Waals surface area (Å²) in [5.41, 5.74) is 2.17. The minimum atomic E-state index is -0.204. The molecule has 0 saturated carbocycles. The molecule has 0 amide bonds. The van der Waals surface area contributed by atoms with Crippen LogP contribution in [0.4, 0.5) is 0 Å². The number of rotatable bonds is 6. The van der Waals surface area contributed by atoms with Gasteiger partial charge in [-0.1, -0.05) is 47.1 Å². The van der Waals surface area contributed by atoms with Crippen molar-refractivity contribution in [2.24, 2.45) is 0 Å². The Kier molecular flexibility index (Phi) is 5.83. The third-order valence-corrected chi connectivity index (χ3v) is 6.68. The lowest BCUT2D eigenvalue weighted by molar-refractivity contribution is 0.0970. The molecule has 4 aromatic rings. The van der Waals surface area contributed by atoms with E-state index in [1.807, 2.05) is 24.3 Å². The molecule has 2 aromatic carbocycles. The SMILES string of the molecule is CCc1sc2ncn(CC(=O)c3cccc(OC)c3)c(=O)c2c1-c1ccc(Br)cc1. The van der Waals surface area contributed by atoms with Gasteiger partial charge in [0.2, 0.25) is 0 Å². The number of fused-ring (bicyclic) bond motifs is 1. The number of benzene rings is 2. The van der Waals surface area contributed by atoms with Gasteiger partial charge in [-0.25, -0.2) is 4.98 Å². The fourth-order valence-electron chi connectivity index (χ4n) is 3.40. The van der Waals surface area contributed by atoms with Crippen LogP contribution in [0.3, 0.4) is 0 Å². The molecule has 7 heteroatoms. The van der Waals surface area contributed by atoms with Crippen molar-refractivity contribution in [2.75, 3.05) is 7.11 Å². The number of aryl methyl sites for hydroxylation is 1. The highest BCUT2D eigenvalue weighted by molar-refractivity contribution is 9.10. The van der Waals surface area contributed by atoms with Gasteiger partial charge in [0.25, 0.3) is 5.56 Å². The average Bonchev–Trinajstić information content (AvgIpc) is 3.15. The maximum Gasteiger partial charge on any atom is 0.263 e. The van der Waals surface area contributed by atoms with Crippen LogP contribution in [-0.4, -0.2) is 22.4 Å². The third kappa shape index (κ3) is 3.82. The molecule has 0 aliphatic heterocycles. The highest BCUT2D eigenvalue weighted by Crippen LogP contribution is 2.36. The summed E-state index contributed by atoms with van der Waals surface area (Å²) in [6, 6.07) is 14.8. The van der Waals surface area contributed by atoms with E-state index in [2.05, 4.69) is 27.8 Å². The number of ether oxygens (including phenoxy) is 1. The van der Waals surface area contributed by atoms with Crippen molar-refractivity contribution in [1.82, 2.24) is 9.55 Å². The molecule has 0 bridgehead atoms. The van der Waals surface area contributed by atoms with Gasteiger partial charge in [-0.3, -0.25) is 14.2 Å². The Morgan fingerprint density at radius 1 is 1.20 bits per heavy atom. The molecule has 4 rings (SSSR count). The number of methoxy groups -OCH3 is 1. The lowest BCUT2D eigenvalue weighted by Crippen LogP contribution is -2.24. The lowest BCUT2D eigenvalue weighted by atomic mass is 10.0. The van der Waals surface area contributed by atoms with E-state index in [0.717, 1.165) is 26.9 Å². The summed E-state index contributed by atoms with van der Waals surface area (Å²) in [4.78, 5) is 32.4. The standard InChI is InChI=1S/C23H19BrN2O3S/c1-3-19-20(14-7-9-16(24)10-8-14)21-22(30-19)25-13-26(23(21)28)12-18(27)15-5-4-6-17(11-15)29-2/h4-11,13H,3,12H2,1-2H3. The molecule has 0 radical (unpaired) electrons. The van der Waals surface area contributed by atoms with Crippen molar-refractivity contribution in [3.05, 3.63) is 80.1 Å². The maximum atomic E-state index is 13.4. The summed E-state index contributed by atoms with van der Waals surface area (Å²) >= 11 is 4.99. The molecule has 0 saturated heterocycles. The Labute approximate surface area is 186 Å². The first-order valence-electron chi connectivity index (χ1n) is 9.45. The molecular formula is C23H19BrN2O3S. The Morgan fingerprint density at radius 3 is 2.67 bits per heavy atom. The number of Topliss-reactive ketones (excluding diaryl/α,β-unsaturated/α-hetero) is 1.